The third kappa shape index (κ3) is 3.20. The summed E-state index contributed by atoms with van der Waals surface area (Å²) in [5.74, 6) is 0.463. The molecule has 0 radical (unpaired) electrons. The molecule has 1 N–H and O–H groups in total. The minimum Gasteiger partial charge on any atom is -0.478 e. The molecule has 1 aromatic carbocycles. The molecule has 3 rings (SSSR count). The number of hydrogen-bond donors (Lipinski definition) is 1. The minimum atomic E-state index is -0.930. The van der Waals surface area contributed by atoms with Gasteiger partial charge in [0, 0.05) is 12.1 Å². The molecule has 0 unspecified atom stereocenters. The van der Waals surface area contributed by atoms with E-state index in [9.17, 15) is 4.79 Å². The largest absolute Gasteiger partial charge is 0.478 e. The predicted octanol–water partition coefficient (Wildman–Crippen LogP) is 3.33. The van der Waals surface area contributed by atoms with Crippen LogP contribution in [0.1, 0.15) is 41.1 Å². The molecule has 0 amide bonds. The maximum Gasteiger partial charge on any atom is 0.335 e. The third-order valence-electron chi connectivity index (χ3n) is 4.09. The molecule has 1 fully saturated rings. The number of hydrogen-bond acceptors (Lipinski definition) is 4. The lowest BCUT2D eigenvalue weighted by atomic mass is 10.1. The monoisotopic (exact) mass is 300 g/mol. The van der Waals surface area contributed by atoms with Crippen molar-refractivity contribution >= 4 is 5.97 Å². The number of piperidine rings is 1. The Morgan fingerprint density at radius 3 is 2.55 bits per heavy atom. The van der Waals surface area contributed by atoms with Crippen molar-refractivity contribution in [1.82, 2.24) is 9.88 Å². The maximum absolute atomic E-state index is 10.9. The number of nitrogens with zero attached hydrogens (tertiary/aromatic N) is 2. The van der Waals surface area contributed by atoms with Crippen molar-refractivity contribution in [2.24, 2.45) is 0 Å². The first-order valence-corrected chi connectivity index (χ1v) is 7.66. The van der Waals surface area contributed by atoms with Crippen LogP contribution in [-0.2, 0) is 6.54 Å². The van der Waals surface area contributed by atoms with E-state index in [1.165, 1.54) is 19.3 Å². The fourth-order valence-electron chi connectivity index (χ4n) is 2.78. The molecule has 2 aromatic rings. The summed E-state index contributed by atoms with van der Waals surface area (Å²) in [5.41, 5.74) is 2.04. The van der Waals surface area contributed by atoms with Gasteiger partial charge in [-0.1, -0.05) is 6.42 Å². The van der Waals surface area contributed by atoms with E-state index in [4.69, 9.17) is 9.52 Å². The molecule has 1 saturated heterocycles. The van der Waals surface area contributed by atoms with Crippen molar-refractivity contribution in [2.75, 3.05) is 13.1 Å². The van der Waals surface area contributed by atoms with E-state index < -0.39 is 5.97 Å². The highest BCUT2D eigenvalue weighted by Crippen LogP contribution is 2.23. The van der Waals surface area contributed by atoms with Crippen molar-refractivity contribution in [3.63, 3.8) is 0 Å². The van der Waals surface area contributed by atoms with Gasteiger partial charge in [0.15, 0.2) is 0 Å². The molecule has 5 nitrogen and oxygen atoms in total. The fourth-order valence-corrected chi connectivity index (χ4v) is 2.78. The Morgan fingerprint density at radius 1 is 1.23 bits per heavy atom. The van der Waals surface area contributed by atoms with E-state index in [1.54, 1.807) is 24.3 Å². The molecule has 0 spiro atoms. The van der Waals surface area contributed by atoms with Gasteiger partial charge < -0.3 is 9.52 Å². The normalized spacial score (nSPS) is 15.9. The van der Waals surface area contributed by atoms with Crippen LogP contribution >= 0.6 is 0 Å². The van der Waals surface area contributed by atoms with Gasteiger partial charge in [0.1, 0.15) is 5.76 Å². The Hall–Kier alpha value is -2.14. The second-order valence-electron chi connectivity index (χ2n) is 5.74. The quantitative estimate of drug-likeness (QED) is 0.938. The lowest BCUT2D eigenvalue weighted by Gasteiger charge is -2.25. The number of oxazole rings is 1. The predicted molar refractivity (Wildman–Crippen MR) is 82.8 cm³/mol. The zero-order valence-electron chi connectivity index (χ0n) is 12.7. The molecule has 22 heavy (non-hydrogen) atoms. The van der Waals surface area contributed by atoms with Gasteiger partial charge in [0.05, 0.1) is 11.3 Å². The summed E-state index contributed by atoms with van der Waals surface area (Å²) in [6.45, 7) is 4.99. The molecular weight excluding hydrogens is 280 g/mol. The average molecular weight is 300 g/mol. The Bertz CT molecular complexity index is 655. The van der Waals surface area contributed by atoms with Gasteiger partial charge >= 0.3 is 5.97 Å². The van der Waals surface area contributed by atoms with Crippen molar-refractivity contribution < 1.29 is 14.3 Å². The number of carbonyl (C=O) groups is 1. The molecule has 1 aliphatic rings. The SMILES string of the molecule is Cc1oc(-c2ccc(C(=O)O)cc2)nc1CN1CCCCC1. The van der Waals surface area contributed by atoms with Gasteiger partial charge in [-0.2, -0.15) is 0 Å². The first-order chi connectivity index (χ1) is 10.6. The number of aromatic carboxylic acids is 1. The molecular formula is C17H20N2O3. The number of carboxylic acid groups (broad SMARTS) is 1. The summed E-state index contributed by atoms with van der Waals surface area (Å²) >= 11 is 0. The van der Waals surface area contributed by atoms with Crippen molar-refractivity contribution in [1.29, 1.82) is 0 Å². The van der Waals surface area contributed by atoms with Crippen LogP contribution in [0, 0.1) is 6.92 Å². The van der Waals surface area contributed by atoms with Crippen LogP contribution in [0.2, 0.25) is 0 Å². The zero-order chi connectivity index (χ0) is 15.5. The Labute approximate surface area is 129 Å². The van der Waals surface area contributed by atoms with Crippen LogP contribution in [0.4, 0.5) is 0 Å². The summed E-state index contributed by atoms with van der Waals surface area (Å²) in [4.78, 5) is 17.9. The lowest BCUT2D eigenvalue weighted by Crippen LogP contribution is -2.29. The summed E-state index contributed by atoms with van der Waals surface area (Å²) in [6, 6.07) is 6.61. The molecule has 2 heterocycles. The smallest absolute Gasteiger partial charge is 0.335 e. The van der Waals surface area contributed by atoms with Crippen LogP contribution in [0.15, 0.2) is 28.7 Å². The van der Waals surface area contributed by atoms with Crippen LogP contribution in [-0.4, -0.2) is 34.0 Å². The number of rotatable bonds is 4. The number of aromatic nitrogens is 1. The first kappa shape index (κ1) is 14.8. The van der Waals surface area contributed by atoms with E-state index in [-0.39, 0.29) is 5.56 Å². The van der Waals surface area contributed by atoms with Crippen LogP contribution in [0.3, 0.4) is 0 Å². The van der Waals surface area contributed by atoms with Crippen molar-refractivity contribution in [3.8, 4) is 11.5 Å². The number of likely N-dealkylation sites (tertiary alicyclic amines) is 1. The second kappa shape index (κ2) is 6.32. The molecule has 5 heteroatoms. The molecule has 1 aliphatic heterocycles. The van der Waals surface area contributed by atoms with Gasteiger partial charge in [0.2, 0.25) is 5.89 Å². The van der Waals surface area contributed by atoms with Gasteiger partial charge in [-0.05, 0) is 57.1 Å². The highest BCUT2D eigenvalue weighted by molar-refractivity contribution is 5.88. The molecule has 0 atom stereocenters. The topological polar surface area (TPSA) is 66.6 Å². The summed E-state index contributed by atoms with van der Waals surface area (Å²) in [5, 5.41) is 8.93. The molecule has 0 saturated carbocycles. The van der Waals surface area contributed by atoms with E-state index in [2.05, 4.69) is 9.88 Å². The fraction of sp³-hybridized carbons (Fsp3) is 0.412. The molecule has 0 bridgehead atoms. The lowest BCUT2D eigenvalue weighted by molar-refractivity contribution is 0.0697. The van der Waals surface area contributed by atoms with E-state index in [0.29, 0.717) is 5.89 Å². The van der Waals surface area contributed by atoms with Gasteiger partial charge in [-0.3, -0.25) is 4.90 Å². The summed E-state index contributed by atoms with van der Waals surface area (Å²) < 4.78 is 5.76. The highest BCUT2D eigenvalue weighted by atomic mass is 16.4. The molecule has 0 aliphatic carbocycles. The van der Waals surface area contributed by atoms with Crippen LogP contribution < -0.4 is 0 Å². The third-order valence-corrected chi connectivity index (χ3v) is 4.09. The van der Waals surface area contributed by atoms with Crippen molar-refractivity contribution in [2.45, 2.75) is 32.7 Å². The Morgan fingerprint density at radius 2 is 1.91 bits per heavy atom. The number of benzene rings is 1. The van der Waals surface area contributed by atoms with Gasteiger partial charge in [-0.25, -0.2) is 9.78 Å². The Balaban J connectivity index is 1.77. The molecule has 116 valence electrons. The van der Waals surface area contributed by atoms with E-state index in [1.807, 2.05) is 6.92 Å². The minimum absolute atomic E-state index is 0.264. The van der Waals surface area contributed by atoms with Crippen LogP contribution in [0.5, 0.6) is 0 Å². The Kier molecular flexibility index (Phi) is 4.24. The summed E-state index contributed by atoms with van der Waals surface area (Å²) in [6.07, 6.45) is 3.82. The second-order valence-corrected chi connectivity index (χ2v) is 5.74. The first-order valence-electron chi connectivity index (χ1n) is 7.66. The summed E-state index contributed by atoms with van der Waals surface area (Å²) in [7, 11) is 0. The van der Waals surface area contributed by atoms with Gasteiger partial charge in [-0.15, -0.1) is 0 Å². The van der Waals surface area contributed by atoms with Crippen molar-refractivity contribution in [3.05, 3.63) is 41.3 Å². The average Bonchev–Trinajstić information content (AvgIpc) is 2.89. The maximum atomic E-state index is 10.9. The van der Waals surface area contributed by atoms with Crippen LogP contribution in [0.25, 0.3) is 11.5 Å². The van der Waals surface area contributed by atoms with E-state index in [0.717, 1.165) is 36.7 Å². The van der Waals surface area contributed by atoms with E-state index >= 15 is 0 Å². The number of aryl methyl sites for hydroxylation is 1. The molecule has 1 aromatic heterocycles. The zero-order valence-corrected chi connectivity index (χ0v) is 12.7. The number of carboxylic acids is 1. The van der Waals surface area contributed by atoms with Gasteiger partial charge in [0.25, 0.3) is 0 Å². The highest BCUT2D eigenvalue weighted by Gasteiger charge is 2.16. The standard InChI is InChI=1S/C17H20N2O3/c1-12-15(11-19-9-3-2-4-10-19)18-16(22-12)13-5-7-14(8-6-13)17(20)21/h5-8H,2-4,9-11H2,1H3,(H,20,21).